The number of amides is 1. The van der Waals surface area contributed by atoms with E-state index in [2.05, 4.69) is 25.8 Å². The van der Waals surface area contributed by atoms with Gasteiger partial charge in [0.05, 0.1) is 0 Å². The van der Waals surface area contributed by atoms with E-state index in [1.165, 1.54) is 0 Å². The largest absolute Gasteiger partial charge is 0.445 e. The number of anilines is 1. The molecular formula is C17H18BrN3O2. The fraction of sp³-hybridized carbons (Fsp3) is 0.294. The van der Waals surface area contributed by atoms with Crippen molar-refractivity contribution in [1.29, 1.82) is 0 Å². The first kappa shape index (κ1) is 15.8. The molecule has 6 heteroatoms. The van der Waals surface area contributed by atoms with Crippen LogP contribution in [0.3, 0.4) is 0 Å². The zero-order chi connectivity index (χ0) is 16.1. The van der Waals surface area contributed by atoms with Gasteiger partial charge in [-0.05, 0) is 33.6 Å². The number of pyridine rings is 1. The number of nitrogens with zero attached hydrogens (tertiary/aromatic N) is 3. The average Bonchev–Trinajstić information content (AvgIpc) is 2.61. The molecule has 1 fully saturated rings. The summed E-state index contributed by atoms with van der Waals surface area (Å²) in [5, 5.41) is 0. The number of halogens is 1. The highest BCUT2D eigenvalue weighted by Gasteiger charge is 2.22. The number of hydrogen-bond donors (Lipinski definition) is 0. The molecule has 0 unspecified atom stereocenters. The van der Waals surface area contributed by atoms with Gasteiger partial charge < -0.3 is 14.5 Å². The molecule has 0 saturated carbocycles. The lowest BCUT2D eigenvalue weighted by molar-refractivity contribution is 0.0941. The maximum absolute atomic E-state index is 12.1. The first-order valence-electron chi connectivity index (χ1n) is 7.54. The molecule has 1 aliphatic heterocycles. The molecule has 0 spiro atoms. The number of carbonyl (C=O) groups excluding carboxylic acids is 1. The molecule has 0 bridgehead atoms. The molecule has 5 nitrogen and oxygen atoms in total. The second-order valence-electron chi connectivity index (χ2n) is 5.35. The van der Waals surface area contributed by atoms with E-state index in [1.54, 1.807) is 11.1 Å². The van der Waals surface area contributed by atoms with Gasteiger partial charge in [-0.25, -0.2) is 9.78 Å². The summed E-state index contributed by atoms with van der Waals surface area (Å²) in [7, 11) is 0. The van der Waals surface area contributed by atoms with Gasteiger partial charge in [-0.1, -0.05) is 30.3 Å². The average molecular weight is 376 g/mol. The fourth-order valence-electron chi connectivity index (χ4n) is 2.48. The highest BCUT2D eigenvalue weighted by molar-refractivity contribution is 9.10. The van der Waals surface area contributed by atoms with E-state index in [1.807, 2.05) is 42.5 Å². The third-order valence-corrected chi connectivity index (χ3v) is 4.25. The Kier molecular flexibility index (Phi) is 5.12. The minimum absolute atomic E-state index is 0.253. The van der Waals surface area contributed by atoms with E-state index in [0.717, 1.165) is 28.9 Å². The molecule has 3 rings (SSSR count). The van der Waals surface area contributed by atoms with Crippen LogP contribution in [0.2, 0.25) is 0 Å². The number of carbonyl (C=O) groups is 1. The SMILES string of the molecule is O=C(OCc1ccccc1)N1CCN(c2ccc(Br)cn2)CC1. The Morgan fingerprint density at radius 3 is 2.48 bits per heavy atom. The van der Waals surface area contributed by atoms with E-state index < -0.39 is 0 Å². The minimum Gasteiger partial charge on any atom is -0.445 e. The molecule has 23 heavy (non-hydrogen) atoms. The molecule has 120 valence electrons. The molecule has 0 radical (unpaired) electrons. The summed E-state index contributed by atoms with van der Waals surface area (Å²) in [6.07, 6.45) is 1.54. The molecular weight excluding hydrogens is 358 g/mol. The lowest BCUT2D eigenvalue weighted by atomic mass is 10.2. The normalized spacial score (nSPS) is 14.7. The predicted molar refractivity (Wildman–Crippen MR) is 92.4 cm³/mol. The van der Waals surface area contributed by atoms with Crippen molar-refractivity contribution in [3.8, 4) is 0 Å². The number of rotatable bonds is 3. The summed E-state index contributed by atoms with van der Waals surface area (Å²) in [5.41, 5.74) is 0.999. The highest BCUT2D eigenvalue weighted by atomic mass is 79.9. The number of ether oxygens (including phenoxy) is 1. The number of aromatic nitrogens is 1. The quantitative estimate of drug-likeness (QED) is 0.825. The van der Waals surface area contributed by atoms with E-state index in [9.17, 15) is 4.79 Å². The van der Waals surface area contributed by atoms with Gasteiger partial charge in [0.25, 0.3) is 0 Å². The standard InChI is InChI=1S/C17H18BrN3O2/c18-15-6-7-16(19-12-15)20-8-10-21(11-9-20)17(22)23-13-14-4-2-1-3-5-14/h1-7,12H,8-11,13H2. The zero-order valence-corrected chi connectivity index (χ0v) is 14.3. The lowest BCUT2D eigenvalue weighted by Crippen LogP contribution is -2.49. The smallest absolute Gasteiger partial charge is 0.410 e. The Labute approximate surface area is 144 Å². The molecule has 1 saturated heterocycles. The van der Waals surface area contributed by atoms with Crippen LogP contribution in [-0.4, -0.2) is 42.2 Å². The van der Waals surface area contributed by atoms with Crippen LogP contribution in [0.25, 0.3) is 0 Å². The third-order valence-electron chi connectivity index (χ3n) is 3.78. The number of piperazine rings is 1. The van der Waals surface area contributed by atoms with Crippen molar-refractivity contribution < 1.29 is 9.53 Å². The van der Waals surface area contributed by atoms with Crippen molar-refractivity contribution >= 4 is 27.8 Å². The van der Waals surface area contributed by atoms with Gasteiger partial charge in [0.1, 0.15) is 12.4 Å². The van der Waals surface area contributed by atoms with E-state index in [4.69, 9.17) is 4.74 Å². The summed E-state index contributed by atoms with van der Waals surface area (Å²) < 4.78 is 6.33. The van der Waals surface area contributed by atoms with Gasteiger partial charge in [0.15, 0.2) is 0 Å². The monoisotopic (exact) mass is 375 g/mol. The van der Waals surface area contributed by atoms with Crippen LogP contribution in [0.4, 0.5) is 10.6 Å². The first-order chi connectivity index (χ1) is 11.2. The van der Waals surface area contributed by atoms with Crippen LogP contribution in [0.15, 0.2) is 53.1 Å². The second-order valence-corrected chi connectivity index (χ2v) is 6.26. The minimum atomic E-state index is -0.253. The predicted octanol–water partition coefficient (Wildman–Crippen LogP) is 3.30. The van der Waals surface area contributed by atoms with Crippen LogP contribution < -0.4 is 4.90 Å². The van der Waals surface area contributed by atoms with E-state index in [0.29, 0.717) is 19.7 Å². The molecule has 2 aromatic rings. The van der Waals surface area contributed by atoms with E-state index >= 15 is 0 Å². The number of hydrogen-bond acceptors (Lipinski definition) is 4. The molecule has 2 heterocycles. The Bertz CT molecular complexity index is 641. The van der Waals surface area contributed by atoms with Crippen LogP contribution in [-0.2, 0) is 11.3 Å². The Hall–Kier alpha value is -2.08. The van der Waals surface area contributed by atoms with Crippen molar-refractivity contribution in [1.82, 2.24) is 9.88 Å². The Morgan fingerprint density at radius 1 is 1.09 bits per heavy atom. The molecule has 1 aromatic heterocycles. The maximum Gasteiger partial charge on any atom is 0.410 e. The maximum atomic E-state index is 12.1. The van der Waals surface area contributed by atoms with Crippen LogP contribution in [0.1, 0.15) is 5.56 Å². The third kappa shape index (κ3) is 4.22. The lowest BCUT2D eigenvalue weighted by Gasteiger charge is -2.34. The molecule has 1 amide bonds. The van der Waals surface area contributed by atoms with Crippen LogP contribution in [0, 0.1) is 0 Å². The summed E-state index contributed by atoms with van der Waals surface area (Å²) in [6.45, 7) is 3.12. The summed E-state index contributed by atoms with van der Waals surface area (Å²) in [4.78, 5) is 20.4. The van der Waals surface area contributed by atoms with Gasteiger partial charge in [0, 0.05) is 36.8 Å². The molecule has 0 atom stereocenters. The summed E-state index contributed by atoms with van der Waals surface area (Å²) in [6, 6.07) is 13.7. The summed E-state index contributed by atoms with van der Waals surface area (Å²) >= 11 is 3.38. The molecule has 0 N–H and O–H groups in total. The topological polar surface area (TPSA) is 45.7 Å². The fourth-order valence-corrected chi connectivity index (χ4v) is 2.72. The van der Waals surface area contributed by atoms with Crippen LogP contribution in [0.5, 0.6) is 0 Å². The Morgan fingerprint density at radius 2 is 1.83 bits per heavy atom. The van der Waals surface area contributed by atoms with Crippen molar-refractivity contribution in [2.24, 2.45) is 0 Å². The molecule has 1 aliphatic rings. The molecule has 1 aromatic carbocycles. The van der Waals surface area contributed by atoms with Crippen LogP contribution >= 0.6 is 15.9 Å². The van der Waals surface area contributed by atoms with Gasteiger partial charge in [-0.15, -0.1) is 0 Å². The van der Waals surface area contributed by atoms with Crippen molar-refractivity contribution in [2.45, 2.75) is 6.61 Å². The number of benzene rings is 1. The molecule has 0 aliphatic carbocycles. The first-order valence-corrected chi connectivity index (χ1v) is 8.34. The van der Waals surface area contributed by atoms with Crippen molar-refractivity contribution in [3.63, 3.8) is 0 Å². The van der Waals surface area contributed by atoms with Crippen molar-refractivity contribution in [2.75, 3.05) is 31.1 Å². The van der Waals surface area contributed by atoms with Gasteiger partial charge in [-0.3, -0.25) is 0 Å². The highest BCUT2D eigenvalue weighted by Crippen LogP contribution is 2.17. The summed E-state index contributed by atoms with van der Waals surface area (Å²) in [5.74, 6) is 0.936. The van der Waals surface area contributed by atoms with Gasteiger partial charge >= 0.3 is 6.09 Å². The zero-order valence-electron chi connectivity index (χ0n) is 12.7. The Balaban J connectivity index is 1.48. The van der Waals surface area contributed by atoms with Gasteiger partial charge in [0.2, 0.25) is 0 Å². The second kappa shape index (κ2) is 7.46. The van der Waals surface area contributed by atoms with E-state index in [-0.39, 0.29) is 6.09 Å². The van der Waals surface area contributed by atoms with Gasteiger partial charge in [-0.2, -0.15) is 0 Å². The van der Waals surface area contributed by atoms with Crippen molar-refractivity contribution in [3.05, 3.63) is 58.7 Å².